The van der Waals surface area contributed by atoms with Gasteiger partial charge in [-0.05, 0) is 43.3 Å². The molecule has 0 aliphatic carbocycles. The van der Waals surface area contributed by atoms with Crippen LogP contribution >= 0.6 is 11.8 Å². The molecule has 0 radical (unpaired) electrons. The van der Waals surface area contributed by atoms with Crippen LogP contribution in [0.4, 0.5) is 11.4 Å². The molecule has 3 aromatic rings. The average molecular weight is 400 g/mol. The Kier molecular flexibility index (Phi) is 5.48. The summed E-state index contributed by atoms with van der Waals surface area (Å²) in [5.74, 6) is 0. The number of rotatable bonds is 6. The monoisotopic (exact) mass is 400 g/mol. The van der Waals surface area contributed by atoms with Crippen LogP contribution in [0.3, 0.4) is 0 Å². The van der Waals surface area contributed by atoms with E-state index in [0.717, 1.165) is 10.5 Å². The van der Waals surface area contributed by atoms with Crippen molar-refractivity contribution in [2.24, 2.45) is 0 Å². The zero-order valence-electron chi connectivity index (χ0n) is 14.3. The van der Waals surface area contributed by atoms with Crippen LogP contribution in [0.5, 0.6) is 0 Å². The third-order valence-electron chi connectivity index (χ3n) is 3.72. The zero-order chi connectivity index (χ0) is 19.4. The fraction of sp³-hybridized carbons (Fsp3) is 0.0526. The van der Waals surface area contributed by atoms with Crippen molar-refractivity contribution < 1.29 is 13.3 Å². The first-order chi connectivity index (χ1) is 12.8. The van der Waals surface area contributed by atoms with Gasteiger partial charge in [-0.1, -0.05) is 47.7 Å². The Labute approximate surface area is 161 Å². The Hall–Kier alpha value is -2.84. The molecular formula is C19H16N2O4S2. The Morgan fingerprint density at radius 3 is 2.22 bits per heavy atom. The van der Waals surface area contributed by atoms with E-state index in [9.17, 15) is 18.5 Å². The third kappa shape index (κ3) is 4.66. The molecule has 0 aliphatic rings. The maximum Gasteiger partial charge on any atom is 0.293 e. The number of hydrogen-bond donors (Lipinski definition) is 1. The molecule has 0 atom stereocenters. The molecular weight excluding hydrogens is 384 g/mol. The first kappa shape index (κ1) is 18.9. The predicted molar refractivity (Wildman–Crippen MR) is 106 cm³/mol. The van der Waals surface area contributed by atoms with Crippen molar-refractivity contribution in [1.82, 2.24) is 0 Å². The number of nitrogens with zero attached hydrogens (tertiary/aromatic N) is 1. The van der Waals surface area contributed by atoms with Gasteiger partial charge in [-0.25, -0.2) is 8.42 Å². The molecule has 0 saturated carbocycles. The summed E-state index contributed by atoms with van der Waals surface area (Å²) in [6.45, 7) is 1.85. The maximum absolute atomic E-state index is 12.6. The Morgan fingerprint density at radius 2 is 1.59 bits per heavy atom. The van der Waals surface area contributed by atoms with E-state index in [4.69, 9.17) is 0 Å². The van der Waals surface area contributed by atoms with Gasteiger partial charge in [-0.15, -0.1) is 0 Å². The van der Waals surface area contributed by atoms with Crippen molar-refractivity contribution in [2.45, 2.75) is 21.6 Å². The van der Waals surface area contributed by atoms with Gasteiger partial charge in [0.1, 0.15) is 5.69 Å². The topological polar surface area (TPSA) is 89.3 Å². The second-order valence-electron chi connectivity index (χ2n) is 5.77. The normalized spacial score (nSPS) is 11.1. The number of anilines is 1. The Morgan fingerprint density at radius 1 is 0.926 bits per heavy atom. The number of nitro groups is 1. The minimum atomic E-state index is -3.94. The molecule has 0 spiro atoms. The van der Waals surface area contributed by atoms with E-state index < -0.39 is 14.9 Å². The van der Waals surface area contributed by atoms with Gasteiger partial charge in [0.2, 0.25) is 0 Å². The van der Waals surface area contributed by atoms with Crippen LogP contribution in [-0.4, -0.2) is 13.3 Å². The van der Waals surface area contributed by atoms with Gasteiger partial charge in [0.25, 0.3) is 15.7 Å². The minimum absolute atomic E-state index is 0.0449. The van der Waals surface area contributed by atoms with Gasteiger partial charge < -0.3 is 0 Å². The summed E-state index contributed by atoms with van der Waals surface area (Å²) in [4.78, 5) is 12.4. The van der Waals surface area contributed by atoms with Crippen LogP contribution in [0.25, 0.3) is 0 Å². The number of nitro benzene ring substituents is 1. The highest BCUT2D eigenvalue weighted by Crippen LogP contribution is 2.34. The molecule has 0 amide bonds. The summed E-state index contributed by atoms with van der Waals surface area (Å²) in [5, 5.41) is 11.3. The second-order valence-corrected chi connectivity index (χ2v) is 8.60. The molecule has 0 fully saturated rings. The van der Waals surface area contributed by atoms with Crippen molar-refractivity contribution in [1.29, 1.82) is 0 Å². The van der Waals surface area contributed by atoms with Gasteiger partial charge >= 0.3 is 0 Å². The fourth-order valence-electron chi connectivity index (χ4n) is 2.37. The van der Waals surface area contributed by atoms with E-state index in [1.807, 2.05) is 37.3 Å². The molecule has 0 saturated heterocycles. The molecule has 8 heteroatoms. The standard InChI is InChI=1S/C19H16N2O4S2/c1-14-7-10-17(11-8-14)27(24,25)20-18-13-16(9-12-19(18)21(22)23)26-15-5-3-2-4-6-15/h2-13,20H,1H3. The highest BCUT2D eigenvalue weighted by molar-refractivity contribution is 7.99. The van der Waals surface area contributed by atoms with Crippen LogP contribution < -0.4 is 4.72 Å². The van der Waals surface area contributed by atoms with Gasteiger partial charge in [0.15, 0.2) is 0 Å². The molecule has 0 aromatic heterocycles. The molecule has 0 bridgehead atoms. The van der Waals surface area contributed by atoms with Crippen molar-refractivity contribution in [3.63, 3.8) is 0 Å². The molecule has 6 nitrogen and oxygen atoms in total. The molecule has 3 rings (SSSR count). The van der Waals surface area contributed by atoms with Crippen molar-refractivity contribution in [3.8, 4) is 0 Å². The number of benzene rings is 3. The van der Waals surface area contributed by atoms with Gasteiger partial charge in [0, 0.05) is 15.9 Å². The molecule has 3 aromatic carbocycles. The summed E-state index contributed by atoms with van der Waals surface area (Å²) >= 11 is 1.39. The lowest BCUT2D eigenvalue weighted by atomic mass is 10.2. The number of nitrogens with one attached hydrogen (secondary N) is 1. The van der Waals surface area contributed by atoms with Crippen molar-refractivity contribution in [2.75, 3.05) is 4.72 Å². The molecule has 0 unspecified atom stereocenters. The molecule has 0 heterocycles. The largest absolute Gasteiger partial charge is 0.293 e. The summed E-state index contributed by atoms with van der Waals surface area (Å²) in [6.07, 6.45) is 0. The SMILES string of the molecule is Cc1ccc(S(=O)(=O)Nc2cc(Sc3ccccc3)ccc2[N+](=O)[O-])cc1. The van der Waals surface area contributed by atoms with Crippen LogP contribution in [0.1, 0.15) is 5.56 Å². The predicted octanol–water partition coefficient (Wildman–Crippen LogP) is 4.86. The van der Waals surface area contributed by atoms with E-state index in [-0.39, 0.29) is 16.3 Å². The highest BCUT2D eigenvalue weighted by atomic mass is 32.2. The van der Waals surface area contributed by atoms with E-state index in [1.165, 1.54) is 36.0 Å². The van der Waals surface area contributed by atoms with Crippen molar-refractivity contribution in [3.05, 3.63) is 88.5 Å². The van der Waals surface area contributed by atoms with Crippen LogP contribution in [-0.2, 0) is 10.0 Å². The quantitative estimate of drug-likeness (QED) is 0.472. The lowest BCUT2D eigenvalue weighted by Crippen LogP contribution is -2.14. The smallest absolute Gasteiger partial charge is 0.273 e. The van der Waals surface area contributed by atoms with Crippen LogP contribution in [0, 0.1) is 17.0 Å². The summed E-state index contributed by atoms with van der Waals surface area (Å²) in [5.41, 5.74) is 0.547. The number of sulfonamides is 1. The first-order valence-corrected chi connectivity index (χ1v) is 10.3. The maximum atomic E-state index is 12.6. The fourth-order valence-corrected chi connectivity index (χ4v) is 4.31. The summed E-state index contributed by atoms with van der Waals surface area (Å²) < 4.78 is 27.6. The third-order valence-corrected chi connectivity index (χ3v) is 6.10. The first-order valence-electron chi connectivity index (χ1n) is 7.96. The molecule has 1 N–H and O–H groups in total. The summed E-state index contributed by atoms with van der Waals surface area (Å²) in [7, 11) is -3.94. The van der Waals surface area contributed by atoms with E-state index in [1.54, 1.807) is 18.2 Å². The van der Waals surface area contributed by atoms with Crippen LogP contribution in [0.15, 0.2) is 87.5 Å². The van der Waals surface area contributed by atoms with Crippen molar-refractivity contribution >= 4 is 33.2 Å². The van der Waals surface area contributed by atoms with Gasteiger partial charge in [-0.3, -0.25) is 14.8 Å². The second kappa shape index (κ2) is 7.81. The average Bonchev–Trinajstić information content (AvgIpc) is 2.62. The van der Waals surface area contributed by atoms with E-state index in [2.05, 4.69) is 4.72 Å². The van der Waals surface area contributed by atoms with E-state index >= 15 is 0 Å². The van der Waals surface area contributed by atoms with E-state index in [0.29, 0.717) is 4.90 Å². The molecule has 138 valence electrons. The van der Waals surface area contributed by atoms with Gasteiger partial charge in [-0.2, -0.15) is 0 Å². The summed E-state index contributed by atoms with van der Waals surface area (Å²) in [6, 6.07) is 20.1. The number of hydrogen-bond acceptors (Lipinski definition) is 5. The number of aryl methyl sites for hydroxylation is 1. The van der Waals surface area contributed by atoms with Crippen LogP contribution in [0.2, 0.25) is 0 Å². The minimum Gasteiger partial charge on any atom is -0.273 e. The molecule has 0 aliphatic heterocycles. The lowest BCUT2D eigenvalue weighted by molar-refractivity contribution is -0.383. The molecule has 27 heavy (non-hydrogen) atoms. The van der Waals surface area contributed by atoms with Gasteiger partial charge in [0.05, 0.1) is 9.82 Å². The lowest BCUT2D eigenvalue weighted by Gasteiger charge is -2.10. The highest BCUT2D eigenvalue weighted by Gasteiger charge is 2.21. The Bertz CT molecular complexity index is 1070. The Balaban J connectivity index is 1.95. The zero-order valence-corrected chi connectivity index (χ0v) is 16.0.